The molecule has 10 nitrogen and oxygen atoms in total. The molecule has 2 aliphatic heterocycles. The van der Waals surface area contributed by atoms with Gasteiger partial charge in [-0.3, -0.25) is 9.78 Å². The number of benzene rings is 2. The highest BCUT2D eigenvalue weighted by Gasteiger charge is 2.45. The van der Waals surface area contributed by atoms with Crippen molar-refractivity contribution in [2.45, 2.75) is 50.6 Å². The number of aromatic amines is 1. The minimum Gasteiger partial charge on any atom is -0.494 e. The average molecular weight is 693 g/mol. The molecule has 1 aliphatic carbocycles. The molecule has 2 atom stereocenters. The summed E-state index contributed by atoms with van der Waals surface area (Å²) in [5.74, 6) is -0.632. The first-order valence-corrected chi connectivity index (χ1v) is 17.4. The Kier molecular flexibility index (Phi) is 7.27. The molecule has 1 fully saturated rings. The molecule has 2 N–H and O–H groups in total. The Morgan fingerprint density at radius 2 is 1.92 bits per heavy atom. The van der Waals surface area contributed by atoms with Gasteiger partial charge >= 0.3 is 5.76 Å². The van der Waals surface area contributed by atoms with Gasteiger partial charge < -0.3 is 19.4 Å². The van der Waals surface area contributed by atoms with E-state index in [9.17, 15) is 18.4 Å². The third-order valence-corrected chi connectivity index (χ3v) is 11.2. The number of ether oxygens (including phenoxy) is 1. The number of fused-ring (bicyclic) bond motifs is 5. The van der Waals surface area contributed by atoms with Crippen LogP contribution in [-0.4, -0.2) is 44.6 Å². The van der Waals surface area contributed by atoms with Gasteiger partial charge in [-0.05, 0) is 97.0 Å². The number of anilines is 1. The van der Waals surface area contributed by atoms with Crippen LogP contribution in [0.2, 0.25) is 0 Å². The number of H-pyrrole nitrogens is 1. The fraction of sp³-hybridized carbons (Fsp3) is 0.270. The summed E-state index contributed by atoms with van der Waals surface area (Å²) >= 11 is 1.47. The molecule has 0 radical (unpaired) electrons. The molecule has 13 heteroatoms. The van der Waals surface area contributed by atoms with Crippen molar-refractivity contribution in [1.82, 2.24) is 25.1 Å². The summed E-state index contributed by atoms with van der Waals surface area (Å²) in [5.41, 5.74) is 5.75. The Balaban J connectivity index is 1.19. The maximum absolute atomic E-state index is 14.8. The molecule has 50 heavy (non-hydrogen) atoms. The molecule has 6 aromatic rings. The second-order valence-corrected chi connectivity index (χ2v) is 13.9. The van der Waals surface area contributed by atoms with Gasteiger partial charge in [0.05, 0.1) is 46.4 Å². The lowest BCUT2D eigenvalue weighted by Crippen LogP contribution is -2.22. The summed E-state index contributed by atoms with van der Waals surface area (Å²) in [6.45, 7) is 0.636. The number of aromatic nitrogens is 4. The highest BCUT2D eigenvalue weighted by Crippen LogP contribution is 2.50. The lowest BCUT2D eigenvalue weighted by atomic mass is 9.93. The maximum atomic E-state index is 14.8. The highest BCUT2D eigenvalue weighted by atomic mass is 32.1. The summed E-state index contributed by atoms with van der Waals surface area (Å²) in [6, 6.07) is 13.3. The smallest absolute Gasteiger partial charge is 0.434 e. The summed E-state index contributed by atoms with van der Waals surface area (Å²) in [4.78, 5) is 39.0. The SMILES string of the molecule is COc1cc2c(cc1F)C(Nc1nccc3cc(-c4c5c(nc(CCc6ccc(F)cc6)c4-c4n[nH]c(=O)o4)C4CCCN4C5=O)sc13)CC2. The van der Waals surface area contributed by atoms with Gasteiger partial charge in [-0.2, -0.15) is 0 Å². The number of thiophene rings is 1. The zero-order valence-corrected chi connectivity index (χ0v) is 27.7. The van der Waals surface area contributed by atoms with E-state index in [1.54, 1.807) is 24.4 Å². The Bertz CT molecular complexity index is 2390. The van der Waals surface area contributed by atoms with Crippen LogP contribution in [0.5, 0.6) is 5.75 Å². The maximum Gasteiger partial charge on any atom is 0.434 e. The fourth-order valence-corrected chi connectivity index (χ4v) is 8.89. The number of hydrogen-bond acceptors (Lipinski definition) is 9. The van der Waals surface area contributed by atoms with E-state index in [0.717, 1.165) is 57.3 Å². The van der Waals surface area contributed by atoms with Crippen LogP contribution in [0.15, 0.2) is 63.9 Å². The molecular formula is C37H30F2N6O4S. The lowest BCUT2D eigenvalue weighted by molar-refractivity contribution is 0.0776. The minimum atomic E-state index is -0.721. The number of carbonyl (C=O) groups excluding carboxylic acids is 1. The summed E-state index contributed by atoms with van der Waals surface area (Å²) in [5, 5.41) is 11.1. The third kappa shape index (κ3) is 4.98. The van der Waals surface area contributed by atoms with Crippen LogP contribution in [0.3, 0.4) is 0 Å². The first-order chi connectivity index (χ1) is 24.4. The predicted octanol–water partition coefficient (Wildman–Crippen LogP) is 7.16. The van der Waals surface area contributed by atoms with Gasteiger partial charge in [0.1, 0.15) is 11.6 Å². The van der Waals surface area contributed by atoms with Crippen molar-refractivity contribution in [3.05, 3.63) is 111 Å². The first-order valence-electron chi connectivity index (χ1n) is 16.6. The fourth-order valence-electron chi connectivity index (χ4n) is 7.73. The van der Waals surface area contributed by atoms with Gasteiger partial charge in [-0.15, -0.1) is 16.4 Å². The van der Waals surface area contributed by atoms with Crippen LogP contribution in [-0.2, 0) is 19.3 Å². The minimum absolute atomic E-state index is 0.0446. The van der Waals surface area contributed by atoms with Crippen LogP contribution < -0.4 is 15.8 Å². The Hall–Kier alpha value is -5.43. The number of rotatable bonds is 8. The molecule has 2 unspecified atom stereocenters. The quantitative estimate of drug-likeness (QED) is 0.172. The van der Waals surface area contributed by atoms with Crippen LogP contribution in [0.25, 0.3) is 32.0 Å². The van der Waals surface area contributed by atoms with E-state index >= 15 is 0 Å². The van der Waals surface area contributed by atoms with Crippen LogP contribution in [0, 0.1) is 11.6 Å². The van der Waals surface area contributed by atoms with Crippen molar-refractivity contribution in [2.24, 2.45) is 0 Å². The number of aryl methyl sites for hydroxylation is 3. The molecule has 252 valence electrons. The number of amides is 1. The topological polar surface area (TPSA) is 126 Å². The second-order valence-electron chi connectivity index (χ2n) is 12.9. The second kappa shape index (κ2) is 11.9. The number of halogens is 2. The molecule has 9 rings (SSSR count). The number of nitrogens with zero attached hydrogens (tertiary/aromatic N) is 4. The summed E-state index contributed by atoms with van der Waals surface area (Å²) in [6.07, 6.45) is 5.93. The van der Waals surface area contributed by atoms with Crippen LogP contribution in [0.4, 0.5) is 14.6 Å². The number of hydrogen-bond donors (Lipinski definition) is 2. The normalized spacial score (nSPS) is 17.7. The van der Waals surface area contributed by atoms with Gasteiger partial charge in [-0.1, -0.05) is 12.1 Å². The van der Waals surface area contributed by atoms with Crippen LogP contribution in [0.1, 0.15) is 69.8 Å². The molecule has 1 amide bonds. The largest absolute Gasteiger partial charge is 0.494 e. The van der Waals surface area contributed by atoms with E-state index in [4.69, 9.17) is 19.1 Å². The molecule has 3 aliphatic rings. The van der Waals surface area contributed by atoms with Crippen LogP contribution >= 0.6 is 11.3 Å². The van der Waals surface area contributed by atoms with Crippen molar-refractivity contribution in [3.8, 4) is 27.6 Å². The number of methoxy groups -OCH3 is 1. The van der Waals surface area contributed by atoms with E-state index in [1.165, 1.54) is 36.6 Å². The van der Waals surface area contributed by atoms with Gasteiger partial charge in [0, 0.05) is 23.2 Å². The molecular weight excluding hydrogens is 663 g/mol. The summed E-state index contributed by atoms with van der Waals surface area (Å²) in [7, 11) is 1.46. The van der Waals surface area contributed by atoms with E-state index < -0.39 is 11.6 Å². The van der Waals surface area contributed by atoms with Crippen molar-refractivity contribution >= 4 is 33.1 Å². The van der Waals surface area contributed by atoms with E-state index in [-0.39, 0.29) is 35.4 Å². The number of pyridine rings is 2. The first kappa shape index (κ1) is 30.6. The zero-order chi connectivity index (χ0) is 34.1. The molecule has 0 bridgehead atoms. The van der Waals surface area contributed by atoms with Crippen molar-refractivity contribution in [2.75, 3.05) is 19.0 Å². The molecule has 2 aromatic carbocycles. The van der Waals surface area contributed by atoms with E-state index in [0.29, 0.717) is 53.3 Å². The third-order valence-electron chi connectivity index (χ3n) is 10.0. The Morgan fingerprint density at radius 1 is 1.06 bits per heavy atom. The standard InChI is InChI=1S/C37H30F2N6O4S/c1-48-27-15-19-7-11-24(22(19)17-23(27)39)42-34-33-20(12-13-40-34)16-28(50-33)30-29(35-43-44-37(47)49-35)25(10-6-18-4-8-21(38)9-5-18)41-32-26-3-2-14-45(26)36(46)31(30)32/h4-5,8-9,12-13,15-17,24,26H,2-3,6-7,10-11,14H2,1H3,(H,40,42)(H,44,47). The van der Waals surface area contributed by atoms with E-state index in [1.807, 2.05) is 17.0 Å². The van der Waals surface area contributed by atoms with Crippen molar-refractivity contribution in [1.29, 1.82) is 0 Å². The molecule has 0 spiro atoms. The number of carbonyl (C=O) groups is 1. The lowest BCUT2D eigenvalue weighted by Gasteiger charge is -2.16. The highest BCUT2D eigenvalue weighted by molar-refractivity contribution is 7.23. The van der Waals surface area contributed by atoms with E-state index in [2.05, 4.69) is 15.5 Å². The summed E-state index contributed by atoms with van der Waals surface area (Å²) < 4.78 is 40.1. The van der Waals surface area contributed by atoms with Crippen molar-refractivity contribution < 1.29 is 22.7 Å². The van der Waals surface area contributed by atoms with Gasteiger partial charge in [0.25, 0.3) is 11.8 Å². The average Bonchev–Trinajstić information content (AvgIpc) is 3.96. The molecule has 1 saturated heterocycles. The number of nitrogens with one attached hydrogen (secondary N) is 2. The predicted molar refractivity (Wildman–Crippen MR) is 183 cm³/mol. The Morgan fingerprint density at radius 3 is 2.72 bits per heavy atom. The van der Waals surface area contributed by atoms with Crippen molar-refractivity contribution in [3.63, 3.8) is 0 Å². The molecule has 6 heterocycles. The zero-order valence-electron chi connectivity index (χ0n) is 26.9. The van der Waals surface area contributed by atoms with Gasteiger partial charge in [-0.25, -0.2) is 23.7 Å². The molecule has 4 aromatic heterocycles. The molecule has 0 saturated carbocycles. The van der Waals surface area contributed by atoms with Gasteiger partial charge in [0.15, 0.2) is 11.6 Å². The van der Waals surface area contributed by atoms with Gasteiger partial charge in [0.2, 0.25) is 0 Å². The Labute approximate surface area is 288 Å². The monoisotopic (exact) mass is 692 g/mol.